The number of hydrogen-bond donors (Lipinski definition) is 0. The van der Waals surface area contributed by atoms with E-state index < -0.39 is 0 Å². The molecule has 1 fully saturated rings. The van der Waals surface area contributed by atoms with Gasteiger partial charge in [-0.05, 0) is 24.5 Å². The zero-order chi connectivity index (χ0) is 10.5. The summed E-state index contributed by atoms with van der Waals surface area (Å²) in [5.74, 6) is 2.20. The molecule has 0 aromatic heterocycles. The molecule has 1 aliphatic rings. The Bertz CT molecular complexity index is 310. The smallest absolute Gasteiger partial charge is 0.0666 e. The van der Waals surface area contributed by atoms with E-state index in [2.05, 4.69) is 40.2 Å². The predicted molar refractivity (Wildman–Crippen MR) is 69.3 cm³/mol. The van der Waals surface area contributed by atoms with Crippen LogP contribution in [0, 0.1) is 0 Å². The fraction of sp³-hybridized carbons (Fsp3) is 0.500. The van der Waals surface area contributed by atoms with Crippen LogP contribution in [0.4, 0.5) is 0 Å². The van der Waals surface area contributed by atoms with Crippen molar-refractivity contribution in [1.82, 2.24) is 0 Å². The number of rotatable bonds is 4. The molecule has 0 bridgehead atoms. The summed E-state index contributed by atoms with van der Waals surface area (Å²) in [6.07, 6.45) is 2.97. The maximum Gasteiger partial charge on any atom is 0.0666 e. The number of ether oxygens (including phenoxy) is 1. The van der Waals surface area contributed by atoms with E-state index in [9.17, 15) is 0 Å². The highest BCUT2D eigenvalue weighted by atomic mass is 79.9. The van der Waals surface area contributed by atoms with Crippen LogP contribution in [0.5, 0.6) is 0 Å². The fourth-order valence-corrected chi connectivity index (χ4v) is 3.42. The predicted octanol–water partition coefficient (Wildman–Crippen LogP) is 3.86. The summed E-state index contributed by atoms with van der Waals surface area (Å²) in [6.45, 7) is 0.959. The van der Waals surface area contributed by atoms with Gasteiger partial charge in [0.1, 0.15) is 0 Å². The molecule has 0 saturated carbocycles. The first kappa shape index (κ1) is 11.5. The summed E-state index contributed by atoms with van der Waals surface area (Å²) in [5.41, 5.74) is 1.38. The average molecular weight is 287 g/mol. The Morgan fingerprint density at radius 2 is 2.27 bits per heavy atom. The van der Waals surface area contributed by atoms with Crippen LogP contribution in [-0.4, -0.2) is 18.5 Å². The molecule has 0 amide bonds. The van der Waals surface area contributed by atoms with Crippen molar-refractivity contribution < 1.29 is 4.74 Å². The largest absolute Gasteiger partial charge is 0.377 e. The number of thioether (sulfide) groups is 1. The second-order valence-electron chi connectivity index (χ2n) is 3.74. The van der Waals surface area contributed by atoms with Gasteiger partial charge in [0, 0.05) is 22.6 Å². The topological polar surface area (TPSA) is 9.23 Å². The van der Waals surface area contributed by atoms with Gasteiger partial charge in [-0.1, -0.05) is 34.1 Å². The van der Waals surface area contributed by atoms with Crippen LogP contribution in [0.2, 0.25) is 0 Å². The molecular formula is C12H15BrOS. The first-order valence-electron chi connectivity index (χ1n) is 5.29. The Morgan fingerprint density at radius 3 is 3.00 bits per heavy atom. The van der Waals surface area contributed by atoms with Crippen molar-refractivity contribution in [2.24, 2.45) is 0 Å². The zero-order valence-corrected chi connectivity index (χ0v) is 11.0. The Kier molecular flexibility index (Phi) is 4.54. The van der Waals surface area contributed by atoms with Crippen LogP contribution in [-0.2, 0) is 10.5 Å². The Hall–Kier alpha value is 0.01000. The van der Waals surface area contributed by atoms with Gasteiger partial charge in [-0.3, -0.25) is 0 Å². The Balaban J connectivity index is 1.75. The first-order chi connectivity index (χ1) is 7.36. The van der Waals surface area contributed by atoms with Crippen LogP contribution in [0.15, 0.2) is 28.7 Å². The van der Waals surface area contributed by atoms with Gasteiger partial charge in [-0.25, -0.2) is 0 Å². The summed E-state index contributed by atoms with van der Waals surface area (Å²) < 4.78 is 6.80. The molecule has 1 aromatic rings. The molecule has 1 heterocycles. The lowest BCUT2D eigenvalue weighted by atomic mass is 10.2. The monoisotopic (exact) mass is 286 g/mol. The quantitative estimate of drug-likeness (QED) is 0.831. The summed E-state index contributed by atoms with van der Waals surface area (Å²) in [7, 11) is 0. The van der Waals surface area contributed by atoms with Crippen molar-refractivity contribution in [3.63, 3.8) is 0 Å². The SMILES string of the molecule is Brc1ccccc1CSCC1CCCO1. The number of halogens is 1. The minimum atomic E-state index is 0.498. The fourth-order valence-electron chi connectivity index (χ4n) is 1.69. The summed E-state index contributed by atoms with van der Waals surface area (Å²) in [5, 5.41) is 0. The zero-order valence-electron chi connectivity index (χ0n) is 8.62. The molecule has 0 radical (unpaired) electrons. The van der Waals surface area contributed by atoms with Gasteiger partial charge in [0.05, 0.1) is 6.10 Å². The molecule has 1 nitrogen and oxygen atoms in total. The molecule has 2 rings (SSSR count). The van der Waals surface area contributed by atoms with Crippen molar-refractivity contribution in [3.8, 4) is 0 Å². The van der Waals surface area contributed by atoms with Crippen molar-refractivity contribution in [1.29, 1.82) is 0 Å². The highest BCUT2D eigenvalue weighted by Gasteiger charge is 2.15. The Morgan fingerprint density at radius 1 is 1.40 bits per heavy atom. The summed E-state index contributed by atoms with van der Waals surface area (Å²) in [6, 6.07) is 8.42. The van der Waals surface area contributed by atoms with Gasteiger partial charge in [0.15, 0.2) is 0 Å². The highest BCUT2D eigenvalue weighted by molar-refractivity contribution is 9.10. The van der Waals surface area contributed by atoms with Crippen molar-refractivity contribution in [3.05, 3.63) is 34.3 Å². The van der Waals surface area contributed by atoms with Gasteiger partial charge in [0.25, 0.3) is 0 Å². The molecule has 82 valence electrons. The van der Waals surface area contributed by atoms with Gasteiger partial charge in [0.2, 0.25) is 0 Å². The standard InChI is InChI=1S/C12H15BrOS/c13-12-6-2-1-4-10(12)8-15-9-11-5-3-7-14-11/h1-2,4,6,11H,3,5,7-9H2. The molecule has 0 aliphatic carbocycles. The average Bonchev–Trinajstić information content (AvgIpc) is 2.74. The van der Waals surface area contributed by atoms with E-state index in [-0.39, 0.29) is 0 Å². The maximum absolute atomic E-state index is 5.59. The van der Waals surface area contributed by atoms with E-state index >= 15 is 0 Å². The van der Waals surface area contributed by atoms with Gasteiger partial charge in [-0.2, -0.15) is 11.8 Å². The summed E-state index contributed by atoms with van der Waals surface area (Å²) >= 11 is 5.53. The van der Waals surface area contributed by atoms with E-state index in [4.69, 9.17) is 4.74 Å². The molecule has 1 saturated heterocycles. The third kappa shape index (κ3) is 3.51. The lowest BCUT2D eigenvalue weighted by Crippen LogP contribution is -2.07. The highest BCUT2D eigenvalue weighted by Crippen LogP contribution is 2.24. The van der Waals surface area contributed by atoms with E-state index in [0.717, 1.165) is 18.1 Å². The van der Waals surface area contributed by atoms with Crippen LogP contribution < -0.4 is 0 Å². The van der Waals surface area contributed by atoms with Crippen LogP contribution in [0.1, 0.15) is 18.4 Å². The number of benzene rings is 1. The molecule has 1 aliphatic heterocycles. The molecule has 1 unspecified atom stereocenters. The van der Waals surface area contributed by atoms with Gasteiger partial charge < -0.3 is 4.74 Å². The van der Waals surface area contributed by atoms with E-state index in [1.165, 1.54) is 22.9 Å². The lowest BCUT2D eigenvalue weighted by molar-refractivity contribution is 0.129. The molecular weight excluding hydrogens is 272 g/mol. The normalized spacial score (nSPS) is 20.7. The molecule has 0 spiro atoms. The Labute approximate surface area is 104 Å². The third-order valence-electron chi connectivity index (χ3n) is 2.54. The molecule has 15 heavy (non-hydrogen) atoms. The molecule has 1 atom stereocenters. The third-order valence-corrected chi connectivity index (χ3v) is 4.44. The second kappa shape index (κ2) is 5.92. The van der Waals surface area contributed by atoms with Crippen LogP contribution >= 0.6 is 27.7 Å². The van der Waals surface area contributed by atoms with Crippen LogP contribution in [0.3, 0.4) is 0 Å². The number of hydrogen-bond acceptors (Lipinski definition) is 2. The summed E-state index contributed by atoms with van der Waals surface area (Å²) in [4.78, 5) is 0. The van der Waals surface area contributed by atoms with Crippen molar-refractivity contribution in [2.75, 3.05) is 12.4 Å². The van der Waals surface area contributed by atoms with Crippen molar-refractivity contribution >= 4 is 27.7 Å². The van der Waals surface area contributed by atoms with E-state index in [0.29, 0.717) is 6.10 Å². The lowest BCUT2D eigenvalue weighted by Gasteiger charge is -2.09. The maximum atomic E-state index is 5.59. The molecule has 0 N–H and O–H groups in total. The van der Waals surface area contributed by atoms with Crippen molar-refractivity contribution in [2.45, 2.75) is 24.7 Å². The minimum absolute atomic E-state index is 0.498. The second-order valence-corrected chi connectivity index (χ2v) is 5.63. The van der Waals surface area contributed by atoms with E-state index in [1.807, 2.05) is 11.8 Å². The van der Waals surface area contributed by atoms with Gasteiger partial charge in [-0.15, -0.1) is 0 Å². The molecule has 3 heteroatoms. The first-order valence-corrected chi connectivity index (χ1v) is 7.24. The van der Waals surface area contributed by atoms with Crippen LogP contribution in [0.25, 0.3) is 0 Å². The molecule has 1 aromatic carbocycles. The minimum Gasteiger partial charge on any atom is -0.377 e. The van der Waals surface area contributed by atoms with E-state index in [1.54, 1.807) is 0 Å². The van der Waals surface area contributed by atoms with Gasteiger partial charge >= 0.3 is 0 Å².